The lowest BCUT2D eigenvalue weighted by atomic mass is 10.1. The number of nitrogens with two attached hydrogens (primary N) is 1. The van der Waals surface area contributed by atoms with Gasteiger partial charge in [-0.05, 0) is 37.5 Å². The molecule has 0 aliphatic carbocycles. The highest BCUT2D eigenvalue weighted by molar-refractivity contribution is 6.03. The molecule has 2 aromatic rings. The first-order valence-electron chi connectivity index (χ1n) is 7.38. The van der Waals surface area contributed by atoms with E-state index in [9.17, 15) is 4.79 Å². The normalized spacial score (nSPS) is 16.7. The van der Waals surface area contributed by atoms with Crippen LogP contribution in [0.3, 0.4) is 0 Å². The van der Waals surface area contributed by atoms with E-state index < -0.39 is 0 Å². The van der Waals surface area contributed by atoms with Crippen molar-refractivity contribution in [3.63, 3.8) is 0 Å². The highest BCUT2D eigenvalue weighted by Crippen LogP contribution is 2.16. The molecule has 3 N–H and O–H groups in total. The number of carbonyl (C=O) groups excluding carboxylic acids is 1. The van der Waals surface area contributed by atoms with Crippen LogP contribution in [0.2, 0.25) is 0 Å². The molecule has 0 bridgehead atoms. The molecule has 2 heterocycles. The van der Waals surface area contributed by atoms with Gasteiger partial charge in [-0.1, -0.05) is 12.1 Å². The fourth-order valence-electron chi connectivity index (χ4n) is 2.39. The summed E-state index contributed by atoms with van der Waals surface area (Å²) in [6.45, 7) is 2.25. The minimum atomic E-state index is -0.281. The Labute approximate surface area is 133 Å². The Balaban J connectivity index is 1.55. The molecule has 0 spiro atoms. The number of oxazole rings is 1. The number of ether oxygens (including phenoxy) is 1. The summed E-state index contributed by atoms with van der Waals surface area (Å²) >= 11 is 0. The van der Waals surface area contributed by atoms with Gasteiger partial charge in [-0.2, -0.15) is 0 Å². The van der Waals surface area contributed by atoms with Crippen molar-refractivity contribution in [2.75, 3.05) is 11.9 Å². The van der Waals surface area contributed by atoms with Crippen molar-refractivity contribution in [3.8, 4) is 0 Å². The molecular weight excluding hydrogens is 296 g/mol. The molecule has 23 heavy (non-hydrogen) atoms. The Bertz CT molecular complexity index is 721. The molecule has 1 aliphatic rings. The van der Waals surface area contributed by atoms with Crippen molar-refractivity contribution in [1.82, 2.24) is 4.98 Å². The maximum atomic E-state index is 12.0. The number of aliphatic imine (C=N–C) groups is 1. The van der Waals surface area contributed by atoms with Crippen molar-refractivity contribution >= 4 is 17.6 Å². The molecule has 1 aromatic carbocycles. The topological polar surface area (TPSA) is 103 Å². The van der Waals surface area contributed by atoms with E-state index in [4.69, 9.17) is 14.9 Å². The number of nitrogens with zero attached hydrogens (tertiary/aromatic N) is 2. The smallest absolute Gasteiger partial charge is 0.282 e. The van der Waals surface area contributed by atoms with Crippen LogP contribution in [0.4, 0.5) is 5.69 Å². The Hall–Kier alpha value is -2.83. The van der Waals surface area contributed by atoms with E-state index in [0.29, 0.717) is 23.7 Å². The van der Waals surface area contributed by atoms with Gasteiger partial charge in [-0.3, -0.25) is 4.79 Å². The molecular formula is C16H18N4O3. The lowest BCUT2D eigenvalue weighted by Crippen LogP contribution is -2.13. The van der Waals surface area contributed by atoms with Gasteiger partial charge in [0, 0.05) is 5.69 Å². The predicted octanol–water partition coefficient (Wildman–Crippen LogP) is 1.88. The van der Waals surface area contributed by atoms with Gasteiger partial charge in [0.05, 0.1) is 6.04 Å². The summed E-state index contributed by atoms with van der Waals surface area (Å²) in [5.41, 5.74) is 7.67. The highest BCUT2D eigenvalue weighted by atomic mass is 16.5. The second-order valence-electron chi connectivity index (χ2n) is 5.38. The van der Waals surface area contributed by atoms with E-state index in [1.807, 2.05) is 24.3 Å². The van der Waals surface area contributed by atoms with E-state index >= 15 is 0 Å². The summed E-state index contributed by atoms with van der Waals surface area (Å²) in [7, 11) is 0. The second-order valence-corrected chi connectivity index (χ2v) is 5.38. The summed E-state index contributed by atoms with van der Waals surface area (Å²) in [5.74, 6) is 0.217. The Morgan fingerprint density at radius 3 is 2.78 bits per heavy atom. The first-order valence-corrected chi connectivity index (χ1v) is 7.38. The standard InChI is InChI=1S/C16H18N4O3/c1-10-14(18-9-23-10)15(21)19-12-5-2-11(3-6-12)4-7-13-8-22-16(17)20-13/h2-3,5-6,9,13H,4,7-8H2,1H3,(H2,17,20)(H,19,21). The molecule has 1 aromatic heterocycles. The molecule has 1 aliphatic heterocycles. The number of amidine groups is 1. The van der Waals surface area contributed by atoms with Gasteiger partial charge in [-0.25, -0.2) is 9.98 Å². The van der Waals surface area contributed by atoms with Crippen LogP contribution < -0.4 is 11.1 Å². The van der Waals surface area contributed by atoms with Crippen molar-refractivity contribution in [2.24, 2.45) is 10.7 Å². The quantitative estimate of drug-likeness (QED) is 0.877. The van der Waals surface area contributed by atoms with E-state index in [-0.39, 0.29) is 18.0 Å². The average molecular weight is 314 g/mol. The van der Waals surface area contributed by atoms with Gasteiger partial charge in [0.2, 0.25) is 0 Å². The van der Waals surface area contributed by atoms with Gasteiger partial charge in [0.15, 0.2) is 12.1 Å². The van der Waals surface area contributed by atoms with E-state index in [0.717, 1.165) is 12.8 Å². The molecule has 1 atom stereocenters. The SMILES string of the molecule is Cc1ocnc1C(=O)Nc1ccc(CCC2COC(N)=N2)cc1. The van der Waals surface area contributed by atoms with Crippen LogP contribution in [0, 0.1) is 6.92 Å². The molecule has 0 saturated heterocycles. The van der Waals surface area contributed by atoms with Crippen molar-refractivity contribution < 1.29 is 13.9 Å². The number of hydrogen-bond donors (Lipinski definition) is 2. The highest BCUT2D eigenvalue weighted by Gasteiger charge is 2.16. The number of carbonyl (C=O) groups is 1. The minimum Gasteiger partial charge on any atom is -0.463 e. The van der Waals surface area contributed by atoms with Crippen LogP contribution in [0.15, 0.2) is 40.1 Å². The van der Waals surface area contributed by atoms with Crippen LogP contribution in [-0.2, 0) is 11.2 Å². The number of anilines is 1. The third-order valence-corrected chi connectivity index (χ3v) is 3.67. The predicted molar refractivity (Wildman–Crippen MR) is 85.3 cm³/mol. The monoisotopic (exact) mass is 314 g/mol. The van der Waals surface area contributed by atoms with Crippen LogP contribution in [0.1, 0.15) is 28.2 Å². The van der Waals surface area contributed by atoms with Crippen LogP contribution in [0.5, 0.6) is 0 Å². The molecule has 0 saturated carbocycles. The van der Waals surface area contributed by atoms with E-state index in [2.05, 4.69) is 15.3 Å². The molecule has 1 amide bonds. The zero-order valence-corrected chi connectivity index (χ0v) is 12.8. The van der Waals surface area contributed by atoms with Crippen LogP contribution >= 0.6 is 0 Å². The Kier molecular flexibility index (Phi) is 4.27. The number of amides is 1. The number of benzene rings is 1. The van der Waals surface area contributed by atoms with E-state index in [1.165, 1.54) is 12.0 Å². The van der Waals surface area contributed by atoms with Crippen molar-refractivity contribution in [3.05, 3.63) is 47.7 Å². The van der Waals surface area contributed by atoms with Crippen LogP contribution in [0.25, 0.3) is 0 Å². The van der Waals surface area contributed by atoms with Gasteiger partial charge >= 0.3 is 0 Å². The molecule has 7 heteroatoms. The van der Waals surface area contributed by atoms with Crippen LogP contribution in [-0.4, -0.2) is 29.6 Å². The molecule has 3 rings (SSSR count). The first-order chi connectivity index (χ1) is 11.1. The largest absolute Gasteiger partial charge is 0.463 e. The molecule has 120 valence electrons. The van der Waals surface area contributed by atoms with Gasteiger partial charge < -0.3 is 20.2 Å². The maximum Gasteiger partial charge on any atom is 0.282 e. The maximum absolute atomic E-state index is 12.0. The van der Waals surface area contributed by atoms with Crippen molar-refractivity contribution in [2.45, 2.75) is 25.8 Å². The zero-order valence-electron chi connectivity index (χ0n) is 12.8. The minimum absolute atomic E-state index is 0.129. The molecule has 7 nitrogen and oxygen atoms in total. The number of rotatable bonds is 5. The Morgan fingerprint density at radius 1 is 1.39 bits per heavy atom. The van der Waals surface area contributed by atoms with Gasteiger partial charge in [0.1, 0.15) is 12.4 Å². The summed E-state index contributed by atoms with van der Waals surface area (Å²) in [4.78, 5) is 20.1. The first kappa shape index (κ1) is 15.1. The molecule has 0 fully saturated rings. The third-order valence-electron chi connectivity index (χ3n) is 3.67. The number of aromatic nitrogens is 1. The summed E-state index contributed by atoms with van der Waals surface area (Å²) < 4.78 is 10.2. The van der Waals surface area contributed by atoms with Gasteiger partial charge in [-0.15, -0.1) is 0 Å². The zero-order chi connectivity index (χ0) is 16.2. The average Bonchev–Trinajstić information content (AvgIpc) is 3.15. The number of hydrogen-bond acceptors (Lipinski definition) is 6. The number of nitrogens with one attached hydrogen (secondary N) is 1. The van der Waals surface area contributed by atoms with Gasteiger partial charge in [0.25, 0.3) is 11.9 Å². The lowest BCUT2D eigenvalue weighted by molar-refractivity contribution is 0.102. The third kappa shape index (κ3) is 3.68. The summed E-state index contributed by atoms with van der Waals surface area (Å²) in [6, 6.07) is 8.10. The fourth-order valence-corrected chi connectivity index (χ4v) is 2.39. The molecule has 0 radical (unpaired) electrons. The summed E-state index contributed by atoms with van der Waals surface area (Å²) in [6.07, 6.45) is 3.02. The fraction of sp³-hybridized carbons (Fsp3) is 0.312. The Morgan fingerprint density at radius 2 is 2.17 bits per heavy atom. The van der Waals surface area contributed by atoms with Crippen molar-refractivity contribution in [1.29, 1.82) is 0 Å². The number of aryl methyl sites for hydroxylation is 2. The second kappa shape index (κ2) is 6.51. The molecule has 1 unspecified atom stereocenters. The lowest BCUT2D eigenvalue weighted by Gasteiger charge is -2.07. The summed E-state index contributed by atoms with van der Waals surface area (Å²) in [5, 5.41) is 2.80. The van der Waals surface area contributed by atoms with E-state index in [1.54, 1.807) is 6.92 Å².